The summed E-state index contributed by atoms with van der Waals surface area (Å²) in [5, 5.41) is 6.71. The molecule has 1 saturated carbocycles. The first-order chi connectivity index (χ1) is 11.7. The van der Waals surface area contributed by atoms with Crippen molar-refractivity contribution in [2.45, 2.75) is 31.1 Å². The molecule has 1 aliphatic carbocycles. The molecule has 0 spiro atoms. The molecule has 1 heterocycles. The monoisotopic (exact) mass is 331 g/mol. The first-order valence-electron chi connectivity index (χ1n) is 8.69. The van der Waals surface area contributed by atoms with E-state index < -0.39 is 0 Å². The van der Waals surface area contributed by atoms with E-state index in [0.717, 1.165) is 57.0 Å². The summed E-state index contributed by atoms with van der Waals surface area (Å²) < 4.78 is 19.4. The molecule has 0 aromatic heterocycles. The van der Waals surface area contributed by atoms with E-state index in [1.165, 1.54) is 5.57 Å². The number of nitrogens with zero attached hydrogens (tertiary/aromatic N) is 1. The van der Waals surface area contributed by atoms with Crippen molar-refractivity contribution >= 4 is 5.96 Å². The molecule has 130 valence electrons. The third-order valence-electron chi connectivity index (χ3n) is 4.91. The van der Waals surface area contributed by atoms with Gasteiger partial charge < -0.3 is 15.4 Å². The van der Waals surface area contributed by atoms with Gasteiger partial charge in [-0.25, -0.2) is 4.39 Å². The topological polar surface area (TPSA) is 45.7 Å². The van der Waals surface area contributed by atoms with Crippen LogP contribution in [0.15, 0.2) is 40.9 Å². The number of rotatable bonds is 6. The van der Waals surface area contributed by atoms with E-state index in [2.05, 4.69) is 21.7 Å². The summed E-state index contributed by atoms with van der Waals surface area (Å²) in [5.74, 6) is 0.677. The molecule has 0 amide bonds. The maximum Gasteiger partial charge on any atom is 0.191 e. The maximum atomic E-state index is 14.1. The second-order valence-corrected chi connectivity index (χ2v) is 6.55. The molecule has 0 radical (unpaired) electrons. The predicted molar refractivity (Wildman–Crippen MR) is 94.8 cm³/mol. The fourth-order valence-corrected chi connectivity index (χ4v) is 3.19. The van der Waals surface area contributed by atoms with Gasteiger partial charge in [0.2, 0.25) is 0 Å². The summed E-state index contributed by atoms with van der Waals surface area (Å²) in [6, 6.07) is 7.10. The van der Waals surface area contributed by atoms with Gasteiger partial charge in [-0.05, 0) is 37.3 Å². The number of hydrogen-bond donors (Lipinski definition) is 2. The number of aliphatic imine (C=N–C) groups is 1. The molecule has 5 heteroatoms. The van der Waals surface area contributed by atoms with Gasteiger partial charge in [-0.3, -0.25) is 4.99 Å². The third kappa shape index (κ3) is 4.15. The lowest BCUT2D eigenvalue weighted by molar-refractivity contribution is 0.153. The molecule has 0 unspecified atom stereocenters. The predicted octanol–water partition coefficient (Wildman–Crippen LogP) is 2.76. The molecule has 1 fully saturated rings. The van der Waals surface area contributed by atoms with E-state index in [1.807, 2.05) is 12.1 Å². The highest BCUT2D eigenvalue weighted by atomic mass is 19.1. The van der Waals surface area contributed by atoms with Gasteiger partial charge in [0.1, 0.15) is 5.82 Å². The SMILES string of the molecule is CN=C(NCCC1=CCOCC1)NCC1(c2ccccc2F)CC1. The Hall–Kier alpha value is -1.88. The minimum absolute atomic E-state index is 0.0772. The van der Waals surface area contributed by atoms with E-state index in [-0.39, 0.29) is 11.2 Å². The average Bonchev–Trinajstić information content (AvgIpc) is 3.40. The Morgan fingerprint density at radius 3 is 2.79 bits per heavy atom. The average molecular weight is 331 g/mol. The van der Waals surface area contributed by atoms with E-state index in [4.69, 9.17) is 4.74 Å². The Balaban J connectivity index is 1.48. The van der Waals surface area contributed by atoms with E-state index in [0.29, 0.717) is 6.54 Å². The first kappa shape index (κ1) is 17.0. The normalized spacial score (nSPS) is 19.6. The molecule has 0 atom stereocenters. The number of guanidine groups is 1. The van der Waals surface area contributed by atoms with E-state index in [9.17, 15) is 4.39 Å². The Morgan fingerprint density at radius 1 is 1.29 bits per heavy atom. The van der Waals surface area contributed by atoms with Crippen LogP contribution in [0.25, 0.3) is 0 Å². The van der Waals surface area contributed by atoms with Crippen LogP contribution in [-0.4, -0.2) is 39.3 Å². The van der Waals surface area contributed by atoms with Crippen LogP contribution in [-0.2, 0) is 10.2 Å². The third-order valence-corrected chi connectivity index (χ3v) is 4.91. The van der Waals surface area contributed by atoms with Gasteiger partial charge in [-0.1, -0.05) is 29.8 Å². The summed E-state index contributed by atoms with van der Waals surface area (Å²) in [6.07, 6.45) is 6.22. The quantitative estimate of drug-likeness (QED) is 0.479. The highest BCUT2D eigenvalue weighted by molar-refractivity contribution is 5.79. The smallest absolute Gasteiger partial charge is 0.191 e. The molecule has 3 rings (SSSR count). The summed E-state index contributed by atoms with van der Waals surface area (Å²) in [7, 11) is 1.77. The van der Waals surface area contributed by atoms with Crippen LogP contribution in [0, 0.1) is 5.82 Å². The summed E-state index contributed by atoms with van der Waals surface area (Å²) in [4.78, 5) is 4.27. The highest BCUT2D eigenvalue weighted by Crippen LogP contribution is 2.48. The van der Waals surface area contributed by atoms with Gasteiger partial charge >= 0.3 is 0 Å². The Bertz CT molecular complexity index is 623. The molecule has 24 heavy (non-hydrogen) atoms. The van der Waals surface area contributed by atoms with Gasteiger partial charge in [-0.2, -0.15) is 0 Å². The van der Waals surface area contributed by atoms with Gasteiger partial charge in [0.25, 0.3) is 0 Å². The second-order valence-electron chi connectivity index (χ2n) is 6.55. The van der Waals surface area contributed by atoms with Crippen LogP contribution in [0.5, 0.6) is 0 Å². The molecule has 2 aliphatic rings. The van der Waals surface area contributed by atoms with Crippen molar-refractivity contribution in [2.24, 2.45) is 4.99 Å². The Labute approximate surface area is 143 Å². The number of benzene rings is 1. The fourth-order valence-electron chi connectivity index (χ4n) is 3.19. The minimum atomic E-state index is -0.105. The minimum Gasteiger partial charge on any atom is -0.377 e. The number of nitrogens with one attached hydrogen (secondary N) is 2. The van der Waals surface area contributed by atoms with E-state index in [1.54, 1.807) is 19.2 Å². The molecule has 1 aromatic carbocycles. The van der Waals surface area contributed by atoms with Gasteiger partial charge in [-0.15, -0.1) is 0 Å². The molecular formula is C19H26FN3O. The summed E-state index contributed by atoms with van der Waals surface area (Å²) in [5.41, 5.74) is 2.18. The van der Waals surface area contributed by atoms with Crippen molar-refractivity contribution in [3.05, 3.63) is 47.3 Å². The van der Waals surface area contributed by atoms with Gasteiger partial charge in [0, 0.05) is 25.6 Å². The van der Waals surface area contributed by atoms with Crippen LogP contribution >= 0.6 is 0 Å². The zero-order valence-electron chi connectivity index (χ0n) is 14.3. The molecule has 2 N–H and O–H groups in total. The lowest BCUT2D eigenvalue weighted by Crippen LogP contribution is -2.41. The highest BCUT2D eigenvalue weighted by Gasteiger charge is 2.45. The first-order valence-corrected chi connectivity index (χ1v) is 8.69. The van der Waals surface area contributed by atoms with Gasteiger partial charge in [0.05, 0.1) is 13.2 Å². The number of ether oxygens (including phenoxy) is 1. The van der Waals surface area contributed by atoms with E-state index >= 15 is 0 Å². The molecule has 4 nitrogen and oxygen atoms in total. The second kappa shape index (κ2) is 7.79. The van der Waals surface area contributed by atoms with Crippen molar-refractivity contribution in [3.8, 4) is 0 Å². The zero-order chi connectivity index (χ0) is 16.8. The van der Waals surface area contributed by atoms with Crippen molar-refractivity contribution in [3.63, 3.8) is 0 Å². The van der Waals surface area contributed by atoms with Crippen LogP contribution in [0.3, 0.4) is 0 Å². The fraction of sp³-hybridized carbons (Fsp3) is 0.526. The molecule has 0 saturated heterocycles. The lowest BCUT2D eigenvalue weighted by Gasteiger charge is -2.20. The van der Waals surface area contributed by atoms with Crippen molar-refractivity contribution in [1.82, 2.24) is 10.6 Å². The molecular weight excluding hydrogens is 305 g/mol. The number of halogens is 1. The largest absolute Gasteiger partial charge is 0.377 e. The van der Waals surface area contributed by atoms with Crippen molar-refractivity contribution in [2.75, 3.05) is 33.4 Å². The molecule has 1 aromatic rings. The maximum absolute atomic E-state index is 14.1. The van der Waals surface area contributed by atoms with Crippen LogP contribution in [0.2, 0.25) is 0 Å². The van der Waals surface area contributed by atoms with Crippen LogP contribution in [0.4, 0.5) is 4.39 Å². The summed E-state index contributed by atoms with van der Waals surface area (Å²) >= 11 is 0. The molecule has 0 bridgehead atoms. The van der Waals surface area contributed by atoms with Crippen molar-refractivity contribution < 1.29 is 9.13 Å². The summed E-state index contributed by atoms with van der Waals surface area (Å²) in [6.45, 7) is 3.11. The molecule has 1 aliphatic heterocycles. The van der Waals surface area contributed by atoms with Crippen LogP contribution in [0.1, 0.15) is 31.2 Å². The standard InChI is InChI=1S/C19H26FN3O/c1-21-18(22-11-6-15-7-12-24-13-8-15)23-14-19(9-10-19)16-4-2-3-5-17(16)20/h2-5,7H,6,8-14H2,1H3,(H2,21,22,23). The van der Waals surface area contributed by atoms with Gasteiger partial charge in [0.15, 0.2) is 5.96 Å². The zero-order valence-corrected chi connectivity index (χ0v) is 14.3. The number of hydrogen-bond acceptors (Lipinski definition) is 2. The Kier molecular flexibility index (Phi) is 5.51. The van der Waals surface area contributed by atoms with Crippen molar-refractivity contribution in [1.29, 1.82) is 0 Å². The lowest BCUT2D eigenvalue weighted by atomic mass is 9.95. The Morgan fingerprint density at radius 2 is 2.12 bits per heavy atom. The van der Waals surface area contributed by atoms with Crippen LogP contribution < -0.4 is 10.6 Å².